The first-order chi connectivity index (χ1) is 8.40. The molecule has 3 nitrogen and oxygen atoms in total. The van der Waals surface area contributed by atoms with Crippen LogP contribution in [0.1, 0.15) is 25.8 Å². The zero-order chi connectivity index (χ0) is 13.7. The van der Waals surface area contributed by atoms with Crippen LogP contribution in [-0.2, 0) is 11.3 Å². The quantitative estimate of drug-likeness (QED) is 0.875. The van der Waals surface area contributed by atoms with Crippen molar-refractivity contribution in [1.29, 1.82) is 0 Å². The summed E-state index contributed by atoms with van der Waals surface area (Å²) >= 11 is 3.31. The van der Waals surface area contributed by atoms with Gasteiger partial charge in [-0.3, -0.25) is 9.69 Å². The summed E-state index contributed by atoms with van der Waals surface area (Å²) in [4.78, 5) is 12.5. The van der Waals surface area contributed by atoms with Gasteiger partial charge in [0.1, 0.15) is 5.82 Å². The molecule has 1 N–H and O–H groups in total. The third kappa shape index (κ3) is 4.74. The van der Waals surface area contributed by atoms with E-state index in [1.54, 1.807) is 12.1 Å². The lowest BCUT2D eigenvalue weighted by atomic mass is 10.1. The van der Waals surface area contributed by atoms with Gasteiger partial charge in [-0.15, -0.1) is 0 Å². The number of aliphatic carboxylic acids is 1. The first-order valence-corrected chi connectivity index (χ1v) is 6.59. The Labute approximate surface area is 115 Å². The number of carbonyl (C=O) groups is 1. The lowest BCUT2D eigenvalue weighted by Crippen LogP contribution is -2.32. The average molecular weight is 318 g/mol. The van der Waals surface area contributed by atoms with Gasteiger partial charge in [0.2, 0.25) is 0 Å². The molecule has 0 aliphatic heterocycles. The fraction of sp³-hybridized carbons (Fsp3) is 0.462. The fourth-order valence-corrected chi connectivity index (χ4v) is 2.05. The van der Waals surface area contributed by atoms with E-state index in [2.05, 4.69) is 15.9 Å². The molecule has 1 aromatic rings. The van der Waals surface area contributed by atoms with Crippen LogP contribution in [0, 0.1) is 5.82 Å². The van der Waals surface area contributed by atoms with Crippen molar-refractivity contribution in [3.8, 4) is 0 Å². The second-order valence-corrected chi connectivity index (χ2v) is 5.36. The molecule has 0 radical (unpaired) electrons. The zero-order valence-electron chi connectivity index (χ0n) is 10.5. The number of carboxylic acid groups (broad SMARTS) is 1. The largest absolute Gasteiger partial charge is 0.481 e. The molecule has 0 saturated heterocycles. The van der Waals surface area contributed by atoms with Crippen molar-refractivity contribution in [1.82, 2.24) is 4.90 Å². The van der Waals surface area contributed by atoms with Gasteiger partial charge < -0.3 is 5.11 Å². The van der Waals surface area contributed by atoms with Crippen molar-refractivity contribution in [3.63, 3.8) is 0 Å². The molecule has 0 aliphatic carbocycles. The minimum Gasteiger partial charge on any atom is -0.481 e. The normalized spacial score (nSPS) is 11.2. The molecule has 0 fully saturated rings. The third-order valence-electron chi connectivity index (χ3n) is 2.72. The van der Waals surface area contributed by atoms with Crippen LogP contribution in [0.15, 0.2) is 22.7 Å². The Hall–Kier alpha value is -0.940. The summed E-state index contributed by atoms with van der Waals surface area (Å²) in [7, 11) is 0. The molecular weight excluding hydrogens is 301 g/mol. The fourth-order valence-electron chi connectivity index (χ4n) is 1.64. The highest BCUT2D eigenvalue weighted by atomic mass is 79.9. The summed E-state index contributed by atoms with van der Waals surface area (Å²) in [5.74, 6) is -1.10. The maximum atomic E-state index is 13.6. The van der Waals surface area contributed by atoms with Gasteiger partial charge in [0, 0.05) is 29.2 Å². The van der Waals surface area contributed by atoms with Gasteiger partial charge in [-0.05, 0) is 32.0 Å². The van der Waals surface area contributed by atoms with E-state index in [1.807, 2.05) is 18.7 Å². The monoisotopic (exact) mass is 317 g/mol. The molecule has 0 spiro atoms. The summed E-state index contributed by atoms with van der Waals surface area (Å²) in [5.41, 5.74) is 0.573. The molecule has 0 saturated carbocycles. The molecule has 0 heterocycles. The predicted molar refractivity (Wildman–Crippen MR) is 71.9 cm³/mol. The Kier molecular flexibility index (Phi) is 5.75. The highest BCUT2D eigenvalue weighted by Crippen LogP contribution is 2.18. The van der Waals surface area contributed by atoms with E-state index in [-0.39, 0.29) is 18.3 Å². The summed E-state index contributed by atoms with van der Waals surface area (Å²) in [6, 6.07) is 4.96. The molecule has 1 rings (SSSR count). The van der Waals surface area contributed by atoms with E-state index < -0.39 is 5.97 Å². The van der Waals surface area contributed by atoms with Crippen molar-refractivity contribution < 1.29 is 14.3 Å². The van der Waals surface area contributed by atoms with E-state index in [0.29, 0.717) is 18.7 Å². The molecule has 0 atom stereocenters. The Bertz CT molecular complexity index is 423. The third-order valence-corrected chi connectivity index (χ3v) is 3.22. The van der Waals surface area contributed by atoms with Crippen LogP contribution in [0.2, 0.25) is 0 Å². The number of carboxylic acids is 1. The molecule has 1 aromatic carbocycles. The molecule has 0 bridgehead atoms. The maximum Gasteiger partial charge on any atom is 0.304 e. The molecule has 0 amide bonds. The van der Waals surface area contributed by atoms with Crippen molar-refractivity contribution in [3.05, 3.63) is 34.1 Å². The Morgan fingerprint density at radius 2 is 2.17 bits per heavy atom. The van der Waals surface area contributed by atoms with Crippen LogP contribution < -0.4 is 0 Å². The molecule has 0 aliphatic rings. The molecule has 18 heavy (non-hydrogen) atoms. The minimum atomic E-state index is -0.838. The van der Waals surface area contributed by atoms with E-state index in [4.69, 9.17) is 5.11 Å². The van der Waals surface area contributed by atoms with E-state index >= 15 is 0 Å². The van der Waals surface area contributed by atoms with Crippen LogP contribution in [0.3, 0.4) is 0 Å². The van der Waals surface area contributed by atoms with Gasteiger partial charge in [0.25, 0.3) is 0 Å². The first-order valence-electron chi connectivity index (χ1n) is 5.80. The Balaban J connectivity index is 2.76. The van der Waals surface area contributed by atoms with Crippen LogP contribution in [0.4, 0.5) is 4.39 Å². The summed E-state index contributed by atoms with van der Waals surface area (Å²) in [6.45, 7) is 4.77. The highest BCUT2D eigenvalue weighted by Gasteiger charge is 2.14. The van der Waals surface area contributed by atoms with E-state index in [1.165, 1.54) is 6.07 Å². The van der Waals surface area contributed by atoms with Gasteiger partial charge in [-0.1, -0.05) is 15.9 Å². The Morgan fingerprint density at radius 1 is 1.50 bits per heavy atom. The standard InChI is InChI=1S/C13H17BrFNO2/c1-9(2)16(6-5-13(17)18)8-10-7-11(14)3-4-12(10)15/h3-4,7,9H,5-6,8H2,1-2H3,(H,17,18). The van der Waals surface area contributed by atoms with Crippen molar-refractivity contribution in [2.75, 3.05) is 6.54 Å². The second kappa shape index (κ2) is 6.85. The second-order valence-electron chi connectivity index (χ2n) is 4.44. The number of benzene rings is 1. The highest BCUT2D eigenvalue weighted by molar-refractivity contribution is 9.10. The van der Waals surface area contributed by atoms with Gasteiger partial charge in [0.15, 0.2) is 0 Å². The SMILES string of the molecule is CC(C)N(CCC(=O)O)Cc1cc(Br)ccc1F. The van der Waals surface area contributed by atoms with Crippen LogP contribution in [0.25, 0.3) is 0 Å². The first kappa shape index (κ1) is 15.1. The van der Waals surface area contributed by atoms with Crippen molar-refractivity contribution in [2.45, 2.75) is 32.9 Å². The molecule has 5 heteroatoms. The van der Waals surface area contributed by atoms with Crippen molar-refractivity contribution >= 4 is 21.9 Å². The molecule has 0 unspecified atom stereocenters. The smallest absolute Gasteiger partial charge is 0.304 e. The van der Waals surface area contributed by atoms with Crippen LogP contribution >= 0.6 is 15.9 Å². The van der Waals surface area contributed by atoms with Gasteiger partial charge in [-0.2, -0.15) is 0 Å². The summed E-state index contributed by atoms with van der Waals surface area (Å²) in [6.07, 6.45) is 0.0633. The van der Waals surface area contributed by atoms with Gasteiger partial charge in [-0.25, -0.2) is 4.39 Å². The summed E-state index contributed by atoms with van der Waals surface area (Å²) < 4.78 is 14.4. The summed E-state index contributed by atoms with van der Waals surface area (Å²) in [5, 5.41) is 8.70. The lowest BCUT2D eigenvalue weighted by Gasteiger charge is -2.26. The predicted octanol–water partition coefficient (Wildman–Crippen LogP) is 3.27. The minimum absolute atomic E-state index is 0.0633. The number of hydrogen-bond acceptors (Lipinski definition) is 2. The molecule has 0 aromatic heterocycles. The van der Waals surface area contributed by atoms with E-state index in [9.17, 15) is 9.18 Å². The van der Waals surface area contributed by atoms with Gasteiger partial charge in [0.05, 0.1) is 6.42 Å². The number of halogens is 2. The van der Waals surface area contributed by atoms with Gasteiger partial charge >= 0.3 is 5.97 Å². The zero-order valence-corrected chi connectivity index (χ0v) is 12.1. The van der Waals surface area contributed by atoms with Crippen LogP contribution in [-0.4, -0.2) is 28.6 Å². The van der Waals surface area contributed by atoms with Crippen molar-refractivity contribution in [2.24, 2.45) is 0 Å². The number of nitrogens with zero attached hydrogens (tertiary/aromatic N) is 1. The number of rotatable bonds is 6. The lowest BCUT2D eigenvalue weighted by molar-refractivity contribution is -0.137. The average Bonchev–Trinajstić information content (AvgIpc) is 2.28. The Morgan fingerprint density at radius 3 is 2.72 bits per heavy atom. The molecule has 100 valence electrons. The topological polar surface area (TPSA) is 40.5 Å². The van der Waals surface area contributed by atoms with Crippen LogP contribution in [0.5, 0.6) is 0 Å². The maximum absolute atomic E-state index is 13.6. The number of hydrogen-bond donors (Lipinski definition) is 1. The molecular formula is C13H17BrFNO2. The van der Waals surface area contributed by atoms with E-state index in [0.717, 1.165) is 4.47 Å².